The molecule has 0 spiro atoms. The third kappa shape index (κ3) is 39.7. The predicted molar refractivity (Wildman–Crippen MR) is 295 cm³/mol. The lowest BCUT2D eigenvalue weighted by Crippen LogP contribution is -2.60. The van der Waals surface area contributed by atoms with Crippen molar-refractivity contribution in [1.82, 2.24) is 5.32 Å². The maximum atomic E-state index is 13.1. The highest BCUT2D eigenvalue weighted by Crippen LogP contribution is 2.23. The molecule has 0 aliphatic carbocycles. The smallest absolute Gasteiger partial charge is 0.220 e. The summed E-state index contributed by atoms with van der Waals surface area (Å²) >= 11 is 0. The maximum Gasteiger partial charge on any atom is 0.220 e. The number of carbonyl (C=O) groups is 1. The monoisotopic (exact) mass is 988 g/mol. The molecule has 9 nitrogen and oxygen atoms in total. The van der Waals surface area contributed by atoms with Crippen molar-refractivity contribution in [2.45, 2.75) is 320 Å². The van der Waals surface area contributed by atoms with Crippen molar-refractivity contribution >= 4 is 5.91 Å². The number of aliphatic hydroxyl groups is 5. The summed E-state index contributed by atoms with van der Waals surface area (Å²) < 4.78 is 11.3. The average molecular weight is 989 g/mol. The number of ether oxygens (including phenoxy) is 2. The normalized spacial score (nSPS) is 19.7. The Kier molecular flexibility index (Phi) is 47.9. The first-order valence-electron chi connectivity index (χ1n) is 29.9. The van der Waals surface area contributed by atoms with Crippen molar-refractivity contribution in [2.24, 2.45) is 0 Å². The second-order valence-corrected chi connectivity index (χ2v) is 20.8. The molecule has 70 heavy (non-hydrogen) atoms. The van der Waals surface area contributed by atoms with E-state index in [0.29, 0.717) is 6.42 Å². The average Bonchev–Trinajstić information content (AvgIpc) is 3.36. The molecule has 9 heteroatoms. The molecule has 1 saturated heterocycles. The number of aliphatic hydroxyl groups excluding tert-OH is 5. The topological polar surface area (TPSA) is 149 Å². The highest BCUT2D eigenvalue weighted by Gasteiger charge is 2.44. The van der Waals surface area contributed by atoms with Crippen LogP contribution in [0.4, 0.5) is 0 Å². The van der Waals surface area contributed by atoms with E-state index < -0.39 is 49.5 Å². The van der Waals surface area contributed by atoms with Crippen LogP contribution in [-0.2, 0) is 14.3 Å². The Bertz CT molecular complexity index is 1240. The number of hydrogen-bond acceptors (Lipinski definition) is 8. The summed E-state index contributed by atoms with van der Waals surface area (Å²) in [6.45, 7) is 3.78. The van der Waals surface area contributed by atoms with Crippen molar-refractivity contribution in [2.75, 3.05) is 13.2 Å². The van der Waals surface area contributed by atoms with Crippen molar-refractivity contribution in [3.8, 4) is 0 Å². The highest BCUT2D eigenvalue weighted by molar-refractivity contribution is 5.76. The summed E-state index contributed by atoms with van der Waals surface area (Å²) in [5.41, 5.74) is 0. The zero-order valence-electron chi connectivity index (χ0n) is 45.5. The first-order chi connectivity index (χ1) is 34.3. The fourth-order valence-corrected chi connectivity index (χ4v) is 9.36. The standard InChI is InChI=1S/C61H113NO8/c1-3-5-7-9-11-13-15-17-19-21-23-25-27-28-29-30-32-34-36-38-40-42-44-46-48-50-55(64)54(53-69-61-60(68)59(67)58(66)56(52-63)70-61)62-57(65)51-49-47-45-43-41-39-37-35-33-31-26-24-22-20-18-16-14-12-10-8-6-4-2/h31-34,40,42,48,50,54-56,58-61,63-64,66-68H,3-30,35-39,41,43-47,49,51-53H2,1-2H3,(H,62,65)/b33-31-,34-32+,42-40+,50-48+. The maximum absolute atomic E-state index is 13.1. The van der Waals surface area contributed by atoms with Gasteiger partial charge in [0, 0.05) is 6.42 Å². The van der Waals surface area contributed by atoms with Crippen LogP contribution >= 0.6 is 0 Å². The fourth-order valence-electron chi connectivity index (χ4n) is 9.36. The van der Waals surface area contributed by atoms with Crippen LogP contribution in [-0.4, -0.2) is 87.5 Å². The van der Waals surface area contributed by atoms with Crippen LogP contribution in [0.2, 0.25) is 0 Å². The number of allylic oxidation sites excluding steroid dienone is 7. The highest BCUT2D eigenvalue weighted by atomic mass is 16.7. The van der Waals surface area contributed by atoms with Crippen LogP contribution in [0.3, 0.4) is 0 Å². The quantitative estimate of drug-likeness (QED) is 0.0261. The zero-order valence-corrected chi connectivity index (χ0v) is 45.5. The molecule has 0 saturated carbocycles. The summed E-state index contributed by atoms with van der Waals surface area (Å²) in [4.78, 5) is 13.1. The van der Waals surface area contributed by atoms with Crippen molar-refractivity contribution < 1.29 is 39.8 Å². The van der Waals surface area contributed by atoms with E-state index in [0.717, 1.165) is 57.8 Å². The molecule has 1 rings (SSSR count). The summed E-state index contributed by atoms with van der Waals surface area (Å²) in [5.74, 6) is -0.193. The van der Waals surface area contributed by atoms with Crippen molar-refractivity contribution in [3.63, 3.8) is 0 Å². The second-order valence-electron chi connectivity index (χ2n) is 20.8. The molecule has 410 valence electrons. The molecule has 1 aliphatic heterocycles. The van der Waals surface area contributed by atoms with Gasteiger partial charge in [0.2, 0.25) is 5.91 Å². The lowest BCUT2D eigenvalue weighted by atomic mass is 9.99. The third-order valence-corrected chi connectivity index (χ3v) is 14.1. The molecule has 0 aromatic heterocycles. The van der Waals surface area contributed by atoms with Gasteiger partial charge in [-0.1, -0.05) is 249 Å². The van der Waals surface area contributed by atoms with E-state index in [1.807, 2.05) is 6.08 Å². The molecule has 0 aromatic carbocycles. The Morgan fingerprint density at radius 1 is 0.471 bits per heavy atom. The second kappa shape index (κ2) is 50.7. The summed E-state index contributed by atoms with van der Waals surface area (Å²) in [5, 5.41) is 54.5. The Balaban J connectivity index is 2.26. The molecule has 7 unspecified atom stereocenters. The van der Waals surface area contributed by atoms with Gasteiger partial charge in [-0.25, -0.2) is 0 Å². The molecule has 1 fully saturated rings. The number of nitrogens with one attached hydrogen (secondary N) is 1. The van der Waals surface area contributed by atoms with Crippen LogP contribution in [0.25, 0.3) is 0 Å². The van der Waals surface area contributed by atoms with Gasteiger partial charge in [-0.15, -0.1) is 0 Å². The molecule has 1 amide bonds. The minimum Gasteiger partial charge on any atom is -0.394 e. The van der Waals surface area contributed by atoms with Crippen LogP contribution in [0, 0.1) is 0 Å². The minimum atomic E-state index is -1.58. The number of carbonyl (C=O) groups excluding carboxylic acids is 1. The van der Waals surface area contributed by atoms with E-state index in [2.05, 4.69) is 55.6 Å². The number of amides is 1. The minimum absolute atomic E-state index is 0.193. The van der Waals surface area contributed by atoms with E-state index in [1.165, 1.54) is 199 Å². The SMILES string of the molecule is CCCCCCCCCCCCC/C=C\CCCCCCCCCC(=O)NC(COC1OC(CO)C(O)C(O)C1O)C(O)/C=C/CC/C=C/CC/C=C/CCCCCCCCCCCCCCCCC. The summed E-state index contributed by atoms with van der Waals surface area (Å²) in [7, 11) is 0. The van der Waals surface area contributed by atoms with E-state index in [9.17, 15) is 30.3 Å². The fraction of sp³-hybridized carbons (Fsp3) is 0.852. The van der Waals surface area contributed by atoms with Gasteiger partial charge in [-0.3, -0.25) is 4.79 Å². The largest absolute Gasteiger partial charge is 0.394 e. The summed E-state index contributed by atoms with van der Waals surface area (Å²) in [6.07, 6.45) is 60.4. The lowest BCUT2D eigenvalue weighted by molar-refractivity contribution is -0.302. The van der Waals surface area contributed by atoms with Gasteiger partial charge < -0.3 is 40.3 Å². The molecule has 1 aliphatic rings. The molecule has 0 bridgehead atoms. The molecule has 1 heterocycles. The van der Waals surface area contributed by atoms with Crippen LogP contribution in [0.15, 0.2) is 48.6 Å². The van der Waals surface area contributed by atoms with Gasteiger partial charge in [-0.05, 0) is 70.6 Å². The molecule has 7 atom stereocenters. The van der Waals surface area contributed by atoms with Crippen LogP contribution < -0.4 is 5.32 Å². The number of rotatable bonds is 51. The van der Waals surface area contributed by atoms with E-state index in [1.54, 1.807) is 6.08 Å². The van der Waals surface area contributed by atoms with Crippen LogP contribution in [0.1, 0.15) is 277 Å². The molecule has 0 radical (unpaired) electrons. The molecule has 6 N–H and O–H groups in total. The first-order valence-corrected chi connectivity index (χ1v) is 29.9. The van der Waals surface area contributed by atoms with Gasteiger partial charge in [0.05, 0.1) is 25.4 Å². The Morgan fingerprint density at radius 2 is 0.814 bits per heavy atom. The predicted octanol–water partition coefficient (Wildman–Crippen LogP) is 14.9. The van der Waals surface area contributed by atoms with Gasteiger partial charge in [-0.2, -0.15) is 0 Å². The van der Waals surface area contributed by atoms with Crippen molar-refractivity contribution in [1.29, 1.82) is 0 Å². The van der Waals surface area contributed by atoms with E-state index >= 15 is 0 Å². The van der Waals surface area contributed by atoms with Crippen molar-refractivity contribution in [3.05, 3.63) is 48.6 Å². The third-order valence-electron chi connectivity index (χ3n) is 14.1. The molecule has 0 aromatic rings. The van der Waals surface area contributed by atoms with Gasteiger partial charge in [0.1, 0.15) is 24.4 Å². The molecular weight excluding hydrogens is 875 g/mol. The van der Waals surface area contributed by atoms with Crippen LogP contribution in [0.5, 0.6) is 0 Å². The molecular formula is C61H113NO8. The first kappa shape index (κ1) is 66.2. The number of hydrogen-bond donors (Lipinski definition) is 6. The Labute approximate surface area is 431 Å². The Hall–Kier alpha value is -1.85. The zero-order chi connectivity index (χ0) is 50.8. The van der Waals surface area contributed by atoms with E-state index in [4.69, 9.17) is 9.47 Å². The van der Waals surface area contributed by atoms with E-state index in [-0.39, 0.29) is 12.5 Å². The lowest BCUT2D eigenvalue weighted by Gasteiger charge is -2.40. The Morgan fingerprint density at radius 3 is 1.20 bits per heavy atom. The van der Waals surface area contributed by atoms with Gasteiger partial charge in [0.15, 0.2) is 6.29 Å². The number of unbranched alkanes of at least 4 members (excludes halogenated alkanes) is 35. The van der Waals surface area contributed by atoms with Gasteiger partial charge >= 0.3 is 0 Å². The van der Waals surface area contributed by atoms with Gasteiger partial charge in [0.25, 0.3) is 0 Å². The summed E-state index contributed by atoms with van der Waals surface area (Å²) in [6, 6.07) is -0.832.